The molecule has 7 nitrogen and oxygen atoms in total. The zero-order valence-electron chi connectivity index (χ0n) is 10.7. The molecule has 0 aromatic heterocycles. The third-order valence-electron chi connectivity index (χ3n) is 0.886. The predicted octanol–water partition coefficient (Wildman–Crippen LogP) is -1.25. The van der Waals surface area contributed by atoms with Crippen LogP contribution in [0, 0.1) is 0 Å². The second-order valence-electron chi connectivity index (χ2n) is 2.15. The van der Waals surface area contributed by atoms with Crippen LogP contribution in [0.5, 0.6) is 0 Å². The van der Waals surface area contributed by atoms with Gasteiger partial charge < -0.3 is 29.5 Å². The van der Waals surface area contributed by atoms with Crippen LogP contribution in [0.4, 0.5) is 0 Å². The number of hydrogen-bond donors (Lipinski definition) is 3. The molecule has 3 N–H and O–H groups in total. The Bertz CT molecular complexity index is 67.5. The average molecular weight is 295 g/mol. The monoisotopic (exact) mass is 295 g/mol. The molecule has 0 rings (SSSR count). The third kappa shape index (κ3) is 85.6. The van der Waals surface area contributed by atoms with Crippen molar-refractivity contribution in [2.24, 2.45) is 0 Å². The summed E-state index contributed by atoms with van der Waals surface area (Å²) in [6, 6.07) is 0. The maximum atomic E-state index is 8.19. The first-order chi connectivity index (χ1) is 8.24. The van der Waals surface area contributed by atoms with Crippen molar-refractivity contribution in [3.63, 3.8) is 0 Å². The Morgan fingerprint density at radius 1 is 0.706 bits per heavy atom. The van der Waals surface area contributed by atoms with Gasteiger partial charge >= 0.3 is 21.0 Å². The van der Waals surface area contributed by atoms with Crippen LogP contribution < -0.4 is 0 Å². The van der Waals surface area contributed by atoms with Crippen molar-refractivity contribution < 1.29 is 50.6 Å². The number of methoxy groups -OCH3 is 3. The number of hydrogen-bond acceptors (Lipinski definition) is 7. The predicted molar refractivity (Wildman–Crippen MR) is 57.6 cm³/mol. The van der Waals surface area contributed by atoms with Crippen LogP contribution in [-0.4, -0.2) is 76.3 Å². The fraction of sp³-hybridized carbons (Fsp3) is 1.00. The van der Waals surface area contributed by atoms with Gasteiger partial charge in [-0.05, 0) is 0 Å². The fourth-order valence-corrected chi connectivity index (χ4v) is 0.274. The number of aliphatic hydroxyl groups is 3. The van der Waals surface area contributed by atoms with Gasteiger partial charge in [0.2, 0.25) is 0 Å². The van der Waals surface area contributed by atoms with Gasteiger partial charge in [-0.15, -0.1) is 0 Å². The van der Waals surface area contributed by atoms with Gasteiger partial charge in [0.05, 0.1) is 39.6 Å². The van der Waals surface area contributed by atoms with E-state index >= 15 is 0 Å². The Kier molecular flexibility index (Phi) is 67.4. The minimum absolute atomic E-state index is 0.122. The van der Waals surface area contributed by atoms with Gasteiger partial charge in [0.1, 0.15) is 0 Å². The standard InChI is InChI=1S/3C3H8O2.O.V/c3*1-5-3-2-4;;/h3*4H,2-3H2,1H3;;. The summed E-state index contributed by atoms with van der Waals surface area (Å²) >= 11 is 1.06. The molecule has 0 atom stereocenters. The molecule has 0 heterocycles. The van der Waals surface area contributed by atoms with E-state index in [2.05, 4.69) is 14.2 Å². The van der Waals surface area contributed by atoms with Crippen molar-refractivity contribution in [1.29, 1.82) is 0 Å². The van der Waals surface area contributed by atoms with Crippen LogP contribution in [-0.2, 0) is 35.3 Å². The molecule has 0 aromatic rings. The molecule has 0 aliphatic rings. The molecule has 0 saturated heterocycles. The molecule has 0 aromatic carbocycles. The molecular formula is C9H24O7V. The van der Waals surface area contributed by atoms with Crippen molar-refractivity contribution in [2.45, 2.75) is 0 Å². The number of aliphatic hydroxyl groups excluding tert-OH is 3. The van der Waals surface area contributed by atoms with Crippen molar-refractivity contribution in [3.05, 3.63) is 0 Å². The van der Waals surface area contributed by atoms with Crippen LogP contribution in [0.3, 0.4) is 0 Å². The molecule has 0 aliphatic carbocycles. The Balaban J connectivity index is -0.0000000693. The van der Waals surface area contributed by atoms with E-state index in [9.17, 15) is 0 Å². The first kappa shape index (κ1) is 25.9. The molecule has 0 aliphatic heterocycles. The summed E-state index contributed by atoms with van der Waals surface area (Å²) in [5.41, 5.74) is 0. The summed E-state index contributed by atoms with van der Waals surface area (Å²) in [6.45, 7) is 1.70. The van der Waals surface area contributed by atoms with E-state index < -0.39 is 0 Å². The van der Waals surface area contributed by atoms with Crippen molar-refractivity contribution in [3.8, 4) is 0 Å². The Labute approximate surface area is 112 Å². The molecule has 0 radical (unpaired) electrons. The molecular weight excluding hydrogens is 271 g/mol. The van der Waals surface area contributed by atoms with Crippen LogP contribution >= 0.6 is 0 Å². The molecule has 0 unspecified atom stereocenters. The van der Waals surface area contributed by atoms with E-state index in [0.717, 1.165) is 17.4 Å². The number of ether oxygens (including phenoxy) is 3. The van der Waals surface area contributed by atoms with E-state index in [-0.39, 0.29) is 19.8 Å². The number of rotatable bonds is 6. The molecule has 0 fully saturated rings. The fourth-order valence-electron chi connectivity index (χ4n) is 0.274. The average Bonchev–Trinajstić information content (AvgIpc) is 2.36. The van der Waals surface area contributed by atoms with Gasteiger partial charge in [0.25, 0.3) is 0 Å². The Hall–Kier alpha value is 0.144. The molecule has 0 amide bonds. The zero-order chi connectivity index (χ0) is 14.4. The molecule has 0 spiro atoms. The second-order valence-corrected chi connectivity index (χ2v) is 2.15. The van der Waals surface area contributed by atoms with E-state index in [0.29, 0.717) is 19.8 Å². The molecule has 17 heavy (non-hydrogen) atoms. The van der Waals surface area contributed by atoms with Gasteiger partial charge in [0.15, 0.2) is 0 Å². The SMILES string of the molecule is COCCO.COCCO.COCCO.[O]=[V]. The van der Waals surface area contributed by atoms with Crippen LogP contribution in [0.1, 0.15) is 0 Å². The molecule has 8 heteroatoms. The van der Waals surface area contributed by atoms with Crippen molar-refractivity contribution >= 4 is 0 Å². The Morgan fingerprint density at radius 3 is 0.882 bits per heavy atom. The molecule has 0 bridgehead atoms. The van der Waals surface area contributed by atoms with E-state index in [1.54, 1.807) is 21.3 Å². The second kappa shape index (κ2) is 44.3. The van der Waals surface area contributed by atoms with E-state index in [4.69, 9.17) is 19.0 Å². The quantitative estimate of drug-likeness (QED) is 0.562. The first-order valence-electron chi connectivity index (χ1n) is 4.72. The zero-order valence-corrected chi connectivity index (χ0v) is 12.1. The first-order valence-corrected chi connectivity index (χ1v) is 5.29. The van der Waals surface area contributed by atoms with Gasteiger partial charge in [0, 0.05) is 21.3 Å². The summed E-state index contributed by atoms with van der Waals surface area (Å²) < 4.78 is 21.5. The van der Waals surface area contributed by atoms with Gasteiger partial charge in [-0.25, -0.2) is 0 Å². The summed E-state index contributed by atoms with van der Waals surface area (Å²) in [4.78, 5) is 0. The minimum atomic E-state index is 0.122. The van der Waals surface area contributed by atoms with Crippen LogP contribution in [0.25, 0.3) is 0 Å². The summed E-state index contributed by atoms with van der Waals surface area (Å²) in [5.74, 6) is 0. The summed E-state index contributed by atoms with van der Waals surface area (Å²) in [5, 5.41) is 23.8. The third-order valence-corrected chi connectivity index (χ3v) is 0.886. The molecule has 107 valence electrons. The summed E-state index contributed by atoms with van der Waals surface area (Å²) in [6.07, 6.45) is 0. The maximum absolute atomic E-state index is 8.19. The van der Waals surface area contributed by atoms with Crippen LogP contribution in [0.15, 0.2) is 0 Å². The molecule has 0 saturated carbocycles. The van der Waals surface area contributed by atoms with Crippen molar-refractivity contribution in [1.82, 2.24) is 0 Å². The van der Waals surface area contributed by atoms with Gasteiger partial charge in [-0.3, -0.25) is 0 Å². The van der Waals surface area contributed by atoms with Crippen LogP contribution in [0.2, 0.25) is 0 Å². The van der Waals surface area contributed by atoms with Gasteiger partial charge in [-0.1, -0.05) is 0 Å². The van der Waals surface area contributed by atoms with Crippen molar-refractivity contribution in [2.75, 3.05) is 61.0 Å². The normalized spacial score (nSPS) is 7.59. The van der Waals surface area contributed by atoms with Gasteiger partial charge in [-0.2, -0.15) is 0 Å². The topological polar surface area (TPSA) is 105 Å². The van der Waals surface area contributed by atoms with E-state index in [1.807, 2.05) is 0 Å². The Morgan fingerprint density at radius 2 is 0.882 bits per heavy atom. The van der Waals surface area contributed by atoms with E-state index in [1.165, 1.54) is 0 Å². The summed E-state index contributed by atoms with van der Waals surface area (Å²) in [7, 11) is 4.66.